The van der Waals surface area contributed by atoms with Crippen LogP contribution in [0, 0.1) is 0 Å². The highest BCUT2D eigenvalue weighted by Crippen LogP contribution is 2.21. The lowest BCUT2D eigenvalue weighted by atomic mass is 10.1. The molecule has 21 heavy (non-hydrogen) atoms. The highest BCUT2D eigenvalue weighted by Gasteiger charge is 2.15. The highest BCUT2D eigenvalue weighted by atomic mass is 15.3. The Labute approximate surface area is 125 Å². The monoisotopic (exact) mass is 282 g/mol. The van der Waals surface area contributed by atoms with Crippen molar-refractivity contribution in [1.29, 1.82) is 0 Å². The first kappa shape index (κ1) is 13.0. The third-order valence-electron chi connectivity index (χ3n) is 4.63. The Balaban J connectivity index is 1.58. The summed E-state index contributed by atoms with van der Waals surface area (Å²) in [6, 6.07) is 6.63. The third kappa shape index (κ3) is 2.72. The summed E-state index contributed by atoms with van der Waals surface area (Å²) in [4.78, 5) is 14.1. The minimum absolute atomic E-state index is 0.896. The SMILES string of the molecule is c1cc2nc(N3CCCC3)ncc2cc1CN1CCCC1. The van der Waals surface area contributed by atoms with Gasteiger partial charge in [-0.3, -0.25) is 4.90 Å². The molecule has 0 amide bonds. The lowest BCUT2D eigenvalue weighted by Crippen LogP contribution is -2.20. The molecule has 2 aromatic rings. The van der Waals surface area contributed by atoms with Crippen LogP contribution in [0.1, 0.15) is 31.2 Å². The summed E-state index contributed by atoms with van der Waals surface area (Å²) in [6.07, 6.45) is 7.20. The Morgan fingerprint density at radius 2 is 1.71 bits per heavy atom. The molecule has 4 nitrogen and oxygen atoms in total. The zero-order valence-electron chi connectivity index (χ0n) is 12.5. The molecule has 2 saturated heterocycles. The molecular formula is C17H22N4. The maximum Gasteiger partial charge on any atom is 0.225 e. The molecular weight excluding hydrogens is 260 g/mol. The van der Waals surface area contributed by atoms with E-state index in [1.165, 1.54) is 44.3 Å². The van der Waals surface area contributed by atoms with Crippen molar-refractivity contribution in [2.45, 2.75) is 32.2 Å². The number of benzene rings is 1. The van der Waals surface area contributed by atoms with Crippen molar-refractivity contribution in [2.24, 2.45) is 0 Å². The average Bonchev–Trinajstić information content (AvgIpc) is 3.20. The van der Waals surface area contributed by atoms with E-state index in [1.807, 2.05) is 6.20 Å². The molecule has 110 valence electrons. The van der Waals surface area contributed by atoms with E-state index >= 15 is 0 Å². The topological polar surface area (TPSA) is 32.3 Å². The van der Waals surface area contributed by atoms with Crippen molar-refractivity contribution in [3.63, 3.8) is 0 Å². The normalized spacial score (nSPS) is 19.7. The largest absolute Gasteiger partial charge is 0.341 e. The Kier molecular flexibility index (Phi) is 3.47. The van der Waals surface area contributed by atoms with Gasteiger partial charge in [0.05, 0.1) is 5.52 Å². The summed E-state index contributed by atoms with van der Waals surface area (Å²) in [5.74, 6) is 0.896. The Morgan fingerprint density at radius 1 is 0.952 bits per heavy atom. The minimum atomic E-state index is 0.896. The van der Waals surface area contributed by atoms with E-state index in [2.05, 4.69) is 33.0 Å². The third-order valence-corrected chi connectivity index (χ3v) is 4.63. The number of hydrogen-bond donors (Lipinski definition) is 0. The number of hydrogen-bond acceptors (Lipinski definition) is 4. The van der Waals surface area contributed by atoms with Crippen molar-refractivity contribution in [3.05, 3.63) is 30.0 Å². The Bertz CT molecular complexity index is 628. The quantitative estimate of drug-likeness (QED) is 0.866. The minimum Gasteiger partial charge on any atom is -0.341 e. The first-order chi connectivity index (χ1) is 10.4. The van der Waals surface area contributed by atoms with Crippen LogP contribution < -0.4 is 4.90 Å². The van der Waals surface area contributed by atoms with Gasteiger partial charge in [0.2, 0.25) is 5.95 Å². The molecule has 0 N–H and O–H groups in total. The lowest BCUT2D eigenvalue weighted by molar-refractivity contribution is 0.331. The molecule has 2 aliphatic rings. The van der Waals surface area contributed by atoms with Gasteiger partial charge < -0.3 is 4.90 Å². The predicted octanol–water partition coefficient (Wildman–Crippen LogP) is 2.83. The van der Waals surface area contributed by atoms with Crippen molar-refractivity contribution < 1.29 is 0 Å². The van der Waals surface area contributed by atoms with Crippen molar-refractivity contribution >= 4 is 16.9 Å². The van der Waals surface area contributed by atoms with Crippen LogP contribution in [-0.4, -0.2) is 41.0 Å². The van der Waals surface area contributed by atoms with Crippen molar-refractivity contribution in [3.8, 4) is 0 Å². The van der Waals surface area contributed by atoms with E-state index < -0.39 is 0 Å². The van der Waals surface area contributed by atoms with Gasteiger partial charge in [0.15, 0.2) is 0 Å². The Hall–Kier alpha value is -1.68. The fourth-order valence-corrected chi connectivity index (χ4v) is 3.44. The number of nitrogens with zero attached hydrogens (tertiary/aromatic N) is 4. The standard InChI is InChI=1S/C17H22N4/c1-2-8-20(7-1)13-14-5-6-16-15(11-14)12-18-17(19-16)21-9-3-4-10-21/h5-6,11-12H,1-4,7-10,13H2. The molecule has 0 bridgehead atoms. The van der Waals surface area contributed by atoms with E-state index in [-0.39, 0.29) is 0 Å². The summed E-state index contributed by atoms with van der Waals surface area (Å²) in [5.41, 5.74) is 2.44. The second-order valence-corrected chi connectivity index (χ2v) is 6.24. The number of aromatic nitrogens is 2. The zero-order valence-corrected chi connectivity index (χ0v) is 12.5. The van der Waals surface area contributed by atoms with Gasteiger partial charge >= 0.3 is 0 Å². The van der Waals surface area contributed by atoms with Crippen LogP contribution in [0.5, 0.6) is 0 Å². The number of fused-ring (bicyclic) bond motifs is 1. The fraction of sp³-hybridized carbons (Fsp3) is 0.529. The first-order valence-corrected chi connectivity index (χ1v) is 8.11. The van der Waals surface area contributed by atoms with Crippen LogP contribution in [0.15, 0.2) is 24.4 Å². The van der Waals surface area contributed by atoms with Crippen LogP contribution in [0.4, 0.5) is 5.95 Å². The summed E-state index contributed by atoms with van der Waals surface area (Å²) >= 11 is 0. The van der Waals surface area contributed by atoms with Crippen LogP contribution in [0.2, 0.25) is 0 Å². The molecule has 4 heteroatoms. The van der Waals surface area contributed by atoms with Crippen LogP contribution in [-0.2, 0) is 6.54 Å². The van der Waals surface area contributed by atoms with E-state index in [4.69, 9.17) is 4.98 Å². The first-order valence-electron chi connectivity index (χ1n) is 8.11. The van der Waals surface area contributed by atoms with Crippen LogP contribution in [0.3, 0.4) is 0 Å². The molecule has 4 rings (SSSR count). The predicted molar refractivity (Wildman–Crippen MR) is 85.5 cm³/mol. The molecule has 1 aromatic heterocycles. The number of likely N-dealkylation sites (tertiary alicyclic amines) is 1. The smallest absolute Gasteiger partial charge is 0.225 e. The van der Waals surface area contributed by atoms with E-state index in [0.29, 0.717) is 0 Å². The lowest BCUT2D eigenvalue weighted by Gasteiger charge is -2.16. The van der Waals surface area contributed by atoms with Gasteiger partial charge in [0, 0.05) is 31.2 Å². The molecule has 3 heterocycles. The molecule has 0 saturated carbocycles. The molecule has 0 atom stereocenters. The summed E-state index contributed by atoms with van der Waals surface area (Å²) < 4.78 is 0. The second-order valence-electron chi connectivity index (χ2n) is 6.24. The highest BCUT2D eigenvalue weighted by molar-refractivity contribution is 5.79. The number of anilines is 1. The Morgan fingerprint density at radius 3 is 2.52 bits per heavy atom. The molecule has 0 aliphatic carbocycles. The van der Waals surface area contributed by atoms with Gasteiger partial charge in [-0.2, -0.15) is 0 Å². The van der Waals surface area contributed by atoms with Gasteiger partial charge in [-0.05, 0) is 56.5 Å². The van der Waals surface area contributed by atoms with Crippen molar-refractivity contribution in [1.82, 2.24) is 14.9 Å². The summed E-state index contributed by atoms with van der Waals surface area (Å²) in [5, 5.41) is 1.16. The van der Waals surface area contributed by atoms with Crippen molar-refractivity contribution in [2.75, 3.05) is 31.1 Å². The van der Waals surface area contributed by atoms with Gasteiger partial charge in [0.25, 0.3) is 0 Å². The van der Waals surface area contributed by atoms with Gasteiger partial charge in [0.1, 0.15) is 0 Å². The molecule has 2 aliphatic heterocycles. The number of rotatable bonds is 3. The molecule has 2 fully saturated rings. The molecule has 0 spiro atoms. The average molecular weight is 282 g/mol. The second kappa shape index (κ2) is 5.60. The van der Waals surface area contributed by atoms with E-state index in [1.54, 1.807) is 0 Å². The van der Waals surface area contributed by atoms with Crippen LogP contribution >= 0.6 is 0 Å². The summed E-state index contributed by atoms with van der Waals surface area (Å²) in [6.45, 7) is 5.73. The van der Waals surface area contributed by atoms with Crippen LogP contribution in [0.25, 0.3) is 10.9 Å². The van der Waals surface area contributed by atoms with Gasteiger partial charge in [-0.1, -0.05) is 6.07 Å². The molecule has 0 radical (unpaired) electrons. The maximum absolute atomic E-state index is 4.73. The maximum atomic E-state index is 4.73. The zero-order chi connectivity index (χ0) is 14.1. The molecule has 1 aromatic carbocycles. The van der Waals surface area contributed by atoms with Gasteiger partial charge in [-0.15, -0.1) is 0 Å². The molecule has 0 unspecified atom stereocenters. The fourth-order valence-electron chi connectivity index (χ4n) is 3.44. The summed E-state index contributed by atoms with van der Waals surface area (Å²) in [7, 11) is 0. The van der Waals surface area contributed by atoms with E-state index in [0.717, 1.165) is 36.5 Å². The van der Waals surface area contributed by atoms with E-state index in [9.17, 15) is 0 Å². The van der Waals surface area contributed by atoms with Gasteiger partial charge in [-0.25, -0.2) is 9.97 Å².